The van der Waals surface area contributed by atoms with Crippen LogP contribution >= 0.6 is 0 Å². The molecule has 0 atom stereocenters. The fraction of sp³-hybridized carbons (Fsp3) is 0.556. The minimum absolute atomic E-state index is 0.00273. The lowest BCUT2D eigenvalue weighted by molar-refractivity contribution is 0.329. The lowest BCUT2D eigenvalue weighted by Gasteiger charge is -2.42. The summed E-state index contributed by atoms with van der Waals surface area (Å²) in [5.74, 6) is 0.316. The third-order valence-corrected chi connectivity index (χ3v) is 4.79. The Labute approximate surface area is 122 Å². The third-order valence-electron chi connectivity index (χ3n) is 4.79. The summed E-state index contributed by atoms with van der Waals surface area (Å²) in [6, 6.07) is 4.05. The molecule has 0 aromatic heterocycles. The van der Waals surface area contributed by atoms with E-state index in [2.05, 4.69) is 33.8 Å². The molecule has 1 aliphatic carbocycles. The largest absolute Gasteiger partial charge is 0.507 e. The number of benzene rings is 1. The molecule has 0 amide bonds. The zero-order valence-electron chi connectivity index (χ0n) is 13.2. The number of rotatable bonds is 2. The fourth-order valence-corrected chi connectivity index (χ4v) is 3.17. The molecule has 20 heavy (non-hydrogen) atoms. The van der Waals surface area contributed by atoms with Crippen LogP contribution in [0.15, 0.2) is 18.2 Å². The Morgan fingerprint density at radius 2 is 1.60 bits per heavy atom. The van der Waals surface area contributed by atoms with Crippen LogP contribution in [0.4, 0.5) is 0 Å². The van der Waals surface area contributed by atoms with Crippen molar-refractivity contribution < 1.29 is 10.2 Å². The molecule has 0 heterocycles. The molecule has 1 aromatic rings. The fourth-order valence-electron chi connectivity index (χ4n) is 3.17. The van der Waals surface area contributed by atoms with E-state index in [0.717, 1.165) is 24.0 Å². The highest BCUT2D eigenvalue weighted by molar-refractivity contribution is 5.71. The zero-order valence-corrected chi connectivity index (χ0v) is 13.2. The summed E-state index contributed by atoms with van der Waals surface area (Å²) in [4.78, 5) is 0. The maximum atomic E-state index is 10.3. The molecule has 0 aliphatic heterocycles. The maximum Gasteiger partial charge on any atom is 0.123 e. The van der Waals surface area contributed by atoms with Crippen LogP contribution in [0.5, 0.6) is 5.75 Å². The van der Waals surface area contributed by atoms with Crippen LogP contribution in [0.25, 0.3) is 5.57 Å². The number of phenolic OH excluding ortho intramolecular Hbond substituents is 1. The van der Waals surface area contributed by atoms with Gasteiger partial charge < -0.3 is 10.2 Å². The highest BCUT2D eigenvalue weighted by Gasteiger charge is 2.37. The average Bonchev–Trinajstić information content (AvgIpc) is 2.35. The van der Waals surface area contributed by atoms with Gasteiger partial charge >= 0.3 is 0 Å². The second-order valence-electron chi connectivity index (χ2n) is 7.25. The summed E-state index contributed by atoms with van der Waals surface area (Å²) in [6.45, 7) is 11.0. The molecule has 1 aliphatic rings. The molecule has 0 bridgehead atoms. The molecule has 1 aromatic carbocycles. The molecule has 2 rings (SSSR count). The minimum atomic E-state index is -0.00273. The normalized spacial score (nSPS) is 20.6. The molecule has 0 saturated heterocycles. The quantitative estimate of drug-likeness (QED) is 0.851. The first-order chi connectivity index (χ1) is 9.19. The van der Waals surface area contributed by atoms with Crippen molar-refractivity contribution >= 4 is 5.57 Å². The van der Waals surface area contributed by atoms with Gasteiger partial charge in [0.1, 0.15) is 5.75 Å². The molecule has 0 radical (unpaired) electrons. The first kappa shape index (κ1) is 15.1. The Bertz CT molecular complexity index is 551. The summed E-state index contributed by atoms with van der Waals surface area (Å²) in [7, 11) is 0. The van der Waals surface area contributed by atoms with Crippen LogP contribution < -0.4 is 0 Å². The van der Waals surface area contributed by atoms with Crippen molar-refractivity contribution in [3.63, 3.8) is 0 Å². The van der Waals surface area contributed by atoms with Crippen molar-refractivity contribution in [2.75, 3.05) is 6.61 Å². The van der Waals surface area contributed by atoms with E-state index in [1.807, 2.05) is 13.0 Å². The monoisotopic (exact) mass is 274 g/mol. The number of hydrogen-bond acceptors (Lipinski definition) is 2. The minimum Gasteiger partial charge on any atom is -0.507 e. The van der Waals surface area contributed by atoms with Gasteiger partial charge in [-0.2, -0.15) is 0 Å². The Morgan fingerprint density at radius 3 is 2.10 bits per heavy atom. The summed E-state index contributed by atoms with van der Waals surface area (Å²) in [5.41, 5.74) is 4.58. The van der Waals surface area contributed by atoms with Gasteiger partial charge in [0, 0.05) is 5.56 Å². The van der Waals surface area contributed by atoms with Gasteiger partial charge in [0.2, 0.25) is 0 Å². The lowest BCUT2D eigenvalue weighted by atomic mass is 9.62. The average molecular weight is 274 g/mol. The van der Waals surface area contributed by atoms with Crippen molar-refractivity contribution in [1.29, 1.82) is 0 Å². The van der Waals surface area contributed by atoms with E-state index in [1.165, 1.54) is 11.1 Å². The van der Waals surface area contributed by atoms with Crippen molar-refractivity contribution in [2.45, 2.75) is 58.3 Å². The molecule has 110 valence electrons. The Hall–Kier alpha value is -1.28. The molecular formula is C18H26O2. The highest BCUT2D eigenvalue weighted by Crippen LogP contribution is 2.48. The number of hydrogen-bond donors (Lipinski definition) is 2. The van der Waals surface area contributed by atoms with Crippen molar-refractivity contribution in [1.82, 2.24) is 0 Å². The van der Waals surface area contributed by atoms with Crippen LogP contribution in [-0.4, -0.2) is 16.8 Å². The maximum absolute atomic E-state index is 10.3. The number of aliphatic hydroxyl groups excluding tert-OH is 1. The van der Waals surface area contributed by atoms with Gasteiger partial charge in [-0.3, -0.25) is 0 Å². The van der Waals surface area contributed by atoms with Crippen LogP contribution in [-0.2, 0) is 10.8 Å². The summed E-state index contributed by atoms with van der Waals surface area (Å²) >= 11 is 0. The van der Waals surface area contributed by atoms with Crippen molar-refractivity contribution in [2.24, 2.45) is 0 Å². The van der Waals surface area contributed by atoms with Gasteiger partial charge in [0.05, 0.1) is 6.61 Å². The number of aromatic hydroxyl groups is 1. The first-order valence-electron chi connectivity index (χ1n) is 7.35. The number of fused-ring (bicyclic) bond motifs is 1. The molecule has 2 heteroatoms. The van der Waals surface area contributed by atoms with E-state index in [0.29, 0.717) is 5.75 Å². The molecular weight excluding hydrogens is 248 g/mol. The second kappa shape index (κ2) is 4.92. The smallest absolute Gasteiger partial charge is 0.123 e. The van der Waals surface area contributed by atoms with Crippen LogP contribution in [0, 0.1) is 0 Å². The zero-order chi connectivity index (χ0) is 15.1. The van der Waals surface area contributed by atoms with Crippen LogP contribution in [0.3, 0.4) is 0 Å². The van der Waals surface area contributed by atoms with E-state index < -0.39 is 0 Å². The Morgan fingerprint density at radius 1 is 1.10 bits per heavy atom. The van der Waals surface area contributed by atoms with E-state index >= 15 is 0 Å². The van der Waals surface area contributed by atoms with Gasteiger partial charge in [0.25, 0.3) is 0 Å². The molecule has 0 saturated carbocycles. The molecule has 2 nitrogen and oxygen atoms in total. The SMILES string of the molecule is CC(=CCO)c1cc2c(cc1O)C(C)(C)CCC2(C)C. The molecule has 0 unspecified atom stereocenters. The summed E-state index contributed by atoms with van der Waals surface area (Å²) in [6.07, 6.45) is 4.03. The molecule has 2 N–H and O–H groups in total. The van der Waals surface area contributed by atoms with Crippen molar-refractivity contribution in [3.8, 4) is 5.75 Å². The number of phenols is 1. The topological polar surface area (TPSA) is 40.5 Å². The Kier molecular flexibility index (Phi) is 3.72. The van der Waals surface area contributed by atoms with Crippen molar-refractivity contribution in [3.05, 3.63) is 34.9 Å². The van der Waals surface area contributed by atoms with E-state index in [1.54, 1.807) is 6.08 Å². The highest BCUT2D eigenvalue weighted by atomic mass is 16.3. The second-order valence-corrected chi connectivity index (χ2v) is 7.25. The number of allylic oxidation sites excluding steroid dienone is 1. The van der Waals surface area contributed by atoms with E-state index in [4.69, 9.17) is 5.11 Å². The van der Waals surface area contributed by atoms with Gasteiger partial charge in [-0.05, 0) is 59.4 Å². The van der Waals surface area contributed by atoms with E-state index in [-0.39, 0.29) is 17.4 Å². The standard InChI is InChI=1S/C18H26O2/c1-12(6-9-19)13-10-14-15(11-16(13)20)18(4,5)8-7-17(14,2)3/h6,10-11,19-20H,7-9H2,1-5H3. The Balaban J connectivity index is 2.67. The summed E-state index contributed by atoms with van der Waals surface area (Å²) in [5, 5.41) is 19.4. The lowest BCUT2D eigenvalue weighted by Crippen LogP contribution is -2.33. The first-order valence-corrected chi connectivity index (χ1v) is 7.35. The molecule has 0 spiro atoms. The predicted molar refractivity (Wildman–Crippen MR) is 84.1 cm³/mol. The van der Waals surface area contributed by atoms with Gasteiger partial charge in [-0.25, -0.2) is 0 Å². The van der Waals surface area contributed by atoms with E-state index in [9.17, 15) is 5.11 Å². The van der Waals surface area contributed by atoms with Crippen LogP contribution in [0.1, 0.15) is 64.2 Å². The number of aliphatic hydroxyl groups is 1. The van der Waals surface area contributed by atoms with Gasteiger partial charge in [-0.1, -0.05) is 33.8 Å². The van der Waals surface area contributed by atoms with Crippen LogP contribution in [0.2, 0.25) is 0 Å². The summed E-state index contributed by atoms with van der Waals surface area (Å²) < 4.78 is 0. The van der Waals surface area contributed by atoms with Gasteiger partial charge in [-0.15, -0.1) is 0 Å². The third kappa shape index (κ3) is 2.49. The van der Waals surface area contributed by atoms with Gasteiger partial charge in [0.15, 0.2) is 0 Å². The predicted octanol–water partition coefficient (Wildman–Crippen LogP) is 4.14. The molecule has 0 fully saturated rings.